The van der Waals surface area contributed by atoms with Gasteiger partial charge in [-0.25, -0.2) is 4.79 Å². The molecule has 7 nitrogen and oxygen atoms in total. The van der Waals surface area contributed by atoms with E-state index in [0.717, 1.165) is 25.1 Å². The predicted octanol–water partition coefficient (Wildman–Crippen LogP) is -1.81. The van der Waals surface area contributed by atoms with Crippen molar-refractivity contribution >= 4 is 11.9 Å². The van der Waals surface area contributed by atoms with Crippen LogP contribution in [0.2, 0.25) is 0 Å². The topological polar surface area (TPSA) is 97.5 Å². The van der Waals surface area contributed by atoms with Crippen LogP contribution in [0.5, 0.6) is 0 Å². The van der Waals surface area contributed by atoms with E-state index in [9.17, 15) is 19.8 Å². The molecule has 0 aromatic heterocycles. The number of esters is 2. The average molecular weight is 326 g/mol. The van der Waals surface area contributed by atoms with Crippen molar-refractivity contribution in [3.63, 3.8) is 0 Å². The highest BCUT2D eigenvalue weighted by atomic mass is 16.6. The Morgan fingerprint density at radius 1 is 1.30 bits per heavy atom. The molecule has 0 aromatic carbocycles. The molecule has 7 heteroatoms. The summed E-state index contributed by atoms with van der Waals surface area (Å²) in [5, 5.41) is 21.1. The molecule has 3 heterocycles. The molecule has 6 atom stereocenters. The number of carbonyl (C=O) groups is 2. The van der Waals surface area contributed by atoms with Gasteiger partial charge in [-0.1, -0.05) is 0 Å². The molecule has 3 aliphatic heterocycles. The zero-order chi connectivity index (χ0) is 17.0. The third kappa shape index (κ3) is 2.38. The van der Waals surface area contributed by atoms with Gasteiger partial charge < -0.3 is 24.6 Å². The fraction of sp³-hybridized carbons (Fsp3) is 0.750. The van der Waals surface area contributed by atoms with Crippen LogP contribution in [0.15, 0.2) is 11.6 Å². The van der Waals surface area contributed by atoms with Crippen molar-refractivity contribution in [3.05, 3.63) is 11.6 Å². The first-order chi connectivity index (χ1) is 10.7. The third-order valence-corrected chi connectivity index (χ3v) is 5.80. The van der Waals surface area contributed by atoms with Gasteiger partial charge in [0, 0.05) is 12.0 Å². The maximum atomic E-state index is 12.5. The number of hydrogen-bond donors (Lipinski definition) is 3. The Labute approximate surface area is 134 Å². The Bertz CT molecular complexity index is 567. The van der Waals surface area contributed by atoms with E-state index in [4.69, 9.17) is 9.47 Å². The van der Waals surface area contributed by atoms with Gasteiger partial charge in [0.25, 0.3) is 0 Å². The van der Waals surface area contributed by atoms with Gasteiger partial charge in [0.05, 0.1) is 19.0 Å². The van der Waals surface area contributed by atoms with Crippen molar-refractivity contribution in [1.29, 1.82) is 0 Å². The van der Waals surface area contributed by atoms with Crippen LogP contribution in [-0.4, -0.2) is 65.2 Å². The minimum atomic E-state index is -2.21. The van der Waals surface area contributed by atoms with E-state index < -0.39 is 29.1 Å². The van der Waals surface area contributed by atoms with Crippen molar-refractivity contribution in [2.75, 3.05) is 19.7 Å². The van der Waals surface area contributed by atoms with Crippen LogP contribution in [-0.2, 0) is 19.1 Å². The summed E-state index contributed by atoms with van der Waals surface area (Å²) in [6.07, 6.45) is 2.45. The van der Waals surface area contributed by atoms with Gasteiger partial charge >= 0.3 is 11.9 Å². The first-order valence-corrected chi connectivity index (χ1v) is 8.02. The molecule has 0 saturated carbocycles. The molecule has 3 N–H and O–H groups in total. The van der Waals surface area contributed by atoms with Gasteiger partial charge in [0.15, 0.2) is 17.7 Å². The van der Waals surface area contributed by atoms with Gasteiger partial charge in [-0.15, -0.1) is 0 Å². The summed E-state index contributed by atoms with van der Waals surface area (Å²) < 4.78 is 10.9. The second kappa shape index (κ2) is 5.29. The normalized spacial score (nSPS) is 47.3. The molecule has 3 aliphatic rings. The second-order valence-corrected chi connectivity index (χ2v) is 7.15. The zero-order valence-electron chi connectivity index (χ0n) is 13.7. The Morgan fingerprint density at radius 2 is 2.00 bits per heavy atom. The minimum absolute atomic E-state index is 0.00746. The number of hydrogen-bond acceptors (Lipinski definition) is 6. The van der Waals surface area contributed by atoms with E-state index in [2.05, 4.69) is 0 Å². The third-order valence-electron chi connectivity index (χ3n) is 5.80. The van der Waals surface area contributed by atoms with Crippen molar-refractivity contribution in [2.24, 2.45) is 5.92 Å². The summed E-state index contributed by atoms with van der Waals surface area (Å²) in [5.74, 6) is -2.61. The summed E-state index contributed by atoms with van der Waals surface area (Å²) in [4.78, 5) is 26.0. The van der Waals surface area contributed by atoms with Crippen molar-refractivity contribution in [3.8, 4) is 0 Å². The van der Waals surface area contributed by atoms with Crippen LogP contribution in [0.3, 0.4) is 0 Å². The summed E-state index contributed by atoms with van der Waals surface area (Å²) in [5.41, 5.74) is -3.30. The monoisotopic (exact) mass is 326 g/mol. The lowest BCUT2D eigenvalue weighted by molar-refractivity contribution is -0.896. The summed E-state index contributed by atoms with van der Waals surface area (Å²) in [7, 11) is 0. The SMILES string of the molecule is C[C@H]1C(=O)O[C@H]2CC[NH+]3CC=C(COC(=O)[C@](C)(O)[C@@]1(C)O)[C@H]23. The first kappa shape index (κ1) is 16.4. The fourth-order valence-corrected chi connectivity index (χ4v) is 3.71. The summed E-state index contributed by atoms with van der Waals surface area (Å²) in [6.45, 7) is 5.62. The van der Waals surface area contributed by atoms with E-state index in [1.54, 1.807) is 0 Å². The molecule has 23 heavy (non-hydrogen) atoms. The summed E-state index contributed by atoms with van der Waals surface area (Å²) in [6, 6.07) is -0.00746. The number of nitrogens with one attached hydrogen (secondary N) is 1. The van der Waals surface area contributed by atoms with Crippen LogP contribution < -0.4 is 4.90 Å². The van der Waals surface area contributed by atoms with E-state index in [1.165, 1.54) is 25.7 Å². The lowest BCUT2D eigenvalue weighted by atomic mass is 9.76. The molecule has 128 valence electrons. The molecule has 0 radical (unpaired) electrons. The van der Waals surface area contributed by atoms with E-state index in [-0.39, 0.29) is 18.8 Å². The molecule has 0 aliphatic carbocycles. The van der Waals surface area contributed by atoms with Crippen molar-refractivity contribution in [2.45, 2.75) is 50.5 Å². The highest BCUT2D eigenvalue weighted by Crippen LogP contribution is 2.33. The predicted molar refractivity (Wildman–Crippen MR) is 78.4 cm³/mol. The number of quaternary nitrogens is 1. The van der Waals surface area contributed by atoms with Gasteiger partial charge in [-0.2, -0.15) is 0 Å². The number of ether oxygens (including phenoxy) is 2. The van der Waals surface area contributed by atoms with Gasteiger partial charge in [0.1, 0.15) is 12.2 Å². The number of aliphatic hydroxyl groups is 2. The molecule has 0 amide bonds. The Balaban J connectivity index is 1.97. The highest BCUT2D eigenvalue weighted by Gasteiger charge is 2.57. The van der Waals surface area contributed by atoms with Crippen molar-refractivity contribution in [1.82, 2.24) is 0 Å². The van der Waals surface area contributed by atoms with E-state index >= 15 is 0 Å². The molecule has 1 unspecified atom stereocenters. The molecule has 3 rings (SSSR count). The molecule has 0 bridgehead atoms. The van der Waals surface area contributed by atoms with Crippen LogP contribution >= 0.6 is 0 Å². The zero-order valence-corrected chi connectivity index (χ0v) is 13.7. The van der Waals surface area contributed by atoms with Gasteiger partial charge in [0.2, 0.25) is 0 Å². The Hall–Kier alpha value is -1.44. The van der Waals surface area contributed by atoms with E-state index in [0.29, 0.717) is 0 Å². The molecule has 2 fully saturated rings. The van der Waals surface area contributed by atoms with Crippen LogP contribution in [0, 0.1) is 5.92 Å². The quantitative estimate of drug-likeness (QED) is 0.359. The van der Waals surface area contributed by atoms with Crippen LogP contribution in [0.25, 0.3) is 0 Å². The largest absolute Gasteiger partial charge is 0.459 e. The number of cyclic esters (lactones) is 1. The maximum absolute atomic E-state index is 12.5. The lowest BCUT2D eigenvalue weighted by Gasteiger charge is -2.39. The average Bonchev–Trinajstić information content (AvgIpc) is 3.06. The molecule has 0 spiro atoms. The maximum Gasteiger partial charge on any atom is 0.341 e. The van der Waals surface area contributed by atoms with E-state index in [1.807, 2.05) is 6.08 Å². The number of rotatable bonds is 0. The lowest BCUT2D eigenvalue weighted by Crippen LogP contribution is -3.12. The van der Waals surface area contributed by atoms with Crippen LogP contribution in [0.1, 0.15) is 27.2 Å². The Kier molecular flexibility index (Phi) is 3.78. The molecular formula is C16H24NO6+. The first-order valence-electron chi connectivity index (χ1n) is 8.02. The minimum Gasteiger partial charge on any atom is -0.459 e. The van der Waals surface area contributed by atoms with Gasteiger partial charge in [-0.05, 0) is 26.8 Å². The van der Waals surface area contributed by atoms with Crippen molar-refractivity contribution < 1.29 is 34.2 Å². The van der Waals surface area contributed by atoms with Gasteiger partial charge in [-0.3, -0.25) is 4.79 Å². The van der Waals surface area contributed by atoms with Crippen LogP contribution in [0.4, 0.5) is 0 Å². The molecule has 2 saturated heterocycles. The summed E-state index contributed by atoms with van der Waals surface area (Å²) >= 11 is 0. The number of carbonyl (C=O) groups excluding carboxylic acids is 2. The second-order valence-electron chi connectivity index (χ2n) is 7.15. The molecular weight excluding hydrogens is 302 g/mol. The fourth-order valence-electron chi connectivity index (χ4n) is 3.71. The smallest absolute Gasteiger partial charge is 0.341 e. The highest BCUT2D eigenvalue weighted by molar-refractivity contribution is 5.83. The standard InChI is InChI=1S/C16H23NO6/c1-9-13(18)23-11-5-7-17-6-4-10(12(11)17)8-22-14(19)16(3,21)15(9,2)20/h4,9,11-12,20-21H,5-8H2,1-3H3/p+1/t9-,11-,12+,15-,16-/m0/s1. The molecule has 0 aromatic rings. The Morgan fingerprint density at radius 3 is 2.70 bits per heavy atom.